The van der Waals surface area contributed by atoms with Crippen LogP contribution in [-0.4, -0.2) is 24.2 Å². The lowest BCUT2D eigenvalue weighted by molar-refractivity contribution is 0.409. The van der Waals surface area contributed by atoms with E-state index in [4.69, 9.17) is 26.8 Å². The van der Waals surface area contributed by atoms with E-state index < -0.39 is 0 Å². The predicted octanol–water partition coefficient (Wildman–Crippen LogP) is 2.40. The molecule has 0 aliphatic carbocycles. The van der Waals surface area contributed by atoms with Crippen molar-refractivity contribution in [3.63, 3.8) is 0 Å². The number of anilines is 1. The molecule has 1 heterocycles. The van der Waals surface area contributed by atoms with Gasteiger partial charge in [-0.3, -0.25) is 0 Å². The lowest BCUT2D eigenvalue weighted by Gasteiger charge is -2.12. The Bertz CT molecular complexity index is 575. The quantitative estimate of drug-likeness (QED) is 0.923. The molecule has 1 aromatic heterocycles. The maximum Gasteiger partial charge on any atom is 0.187 e. The molecule has 0 amide bonds. The SMILES string of the molecule is COc1ccc(Cl)cc1-c1ncnc(N)c1OC. The molecule has 6 heteroatoms. The summed E-state index contributed by atoms with van der Waals surface area (Å²) in [7, 11) is 3.08. The number of nitrogens with zero attached hydrogens (tertiary/aromatic N) is 2. The standard InChI is InChI=1S/C12H12ClN3O2/c1-17-9-4-3-7(13)5-8(9)10-11(18-2)12(14)16-6-15-10/h3-6H,1-2H3,(H2,14,15,16). The van der Waals surface area contributed by atoms with E-state index >= 15 is 0 Å². The summed E-state index contributed by atoms with van der Waals surface area (Å²) in [6, 6.07) is 5.24. The predicted molar refractivity (Wildman–Crippen MR) is 70.0 cm³/mol. The van der Waals surface area contributed by atoms with Gasteiger partial charge in [-0.05, 0) is 18.2 Å². The lowest BCUT2D eigenvalue weighted by Crippen LogP contribution is -2.00. The summed E-state index contributed by atoms with van der Waals surface area (Å²) in [5, 5.41) is 0.574. The average Bonchev–Trinajstić information content (AvgIpc) is 2.38. The van der Waals surface area contributed by atoms with Crippen LogP contribution in [0.15, 0.2) is 24.5 Å². The second-order valence-corrected chi connectivity index (χ2v) is 3.92. The Morgan fingerprint density at radius 1 is 1.17 bits per heavy atom. The van der Waals surface area contributed by atoms with Gasteiger partial charge in [0.1, 0.15) is 17.8 Å². The van der Waals surface area contributed by atoms with Crippen LogP contribution in [-0.2, 0) is 0 Å². The van der Waals surface area contributed by atoms with Crippen molar-refractivity contribution in [2.45, 2.75) is 0 Å². The molecular weight excluding hydrogens is 254 g/mol. The number of rotatable bonds is 3. The summed E-state index contributed by atoms with van der Waals surface area (Å²) >= 11 is 5.99. The molecule has 0 spiro atoms. The lowest BCUT2D eigenvalue weighted by atomic mass is 10.1. The molecule has 1 aromatic carbocycles. The minimum Gasteiger partial charge on any atom is -0.496 e. The molecule has 0 atom stereocenters. The van der Waals surface area contributed by atoms with E-state index in [-0.39, 0.29) is 5.82 Å². The van der Waals surface area contributed by atoms with Crippen molar-refractivity contribution in [3.8, 4) is 22.8 Å². The van der Waals surface area contributed by atoms with Gasteiger partial charge < -0.3 is 15.2 Å². The van der Waals surface area contributed by atoms with Crippen LogP contribution < -0.4 is 15.2 Å². The minimum atomic E-state index is 0.268. The number of nitrogens with two attached hydrogens (primary N) is 1. The van der Waals surface area contributed by atoms with Crippen molar-refractivity contribution in [1.82, 2.24) is 9.97 Å². The van der Waals surface area contributed by atoms with E-state index in [1.54, 1.807) is 25.3 Å². The molecule has 2 N–H and O–H groups in total. The van der Waals surface area contributed by atoms with Crippen molar-refractivity contribution >= 4 is 17.4 Å². The van der Waals surface area contributed by atoms with Gasteiger partial charge in [-0.2, -0.15) is 0 Å². The Morgan fingerprint density at radius 2 is 1.94 bits per heavy atom. The second-order valence-electron chi connectivity index (χ2n) is 3.49. The number of hydrogen-bond acceptors (Lipinski definition) is 5. The molecule has 0 saturated carbocycles. The summed E-state index contributed by atoms with van der Waals surface area (Å²) < 4.78 is 10.5. The molecule has 2 rings (SSSR count). The molecule has 0 aliphatic rings. The average molecular weight is 266 g/mol. The fraction of sp³-hybridized carbons (Fsp3) is 0.167. The zero-order chi connectivity index (χ0) is 13.1. The van der Waals surface area contributed by atoms with Crippen LogP contribution in [0.1, 0.15) is 0 Å². The summed E-state index contributed by atoms with van der Waals surface area (Å²) in [6.07, 6.45) is 1.37. The fourth-order valence-electron chi connectivity index (χ4n) is 1.65. The van der Waals surface area contributed by atoms with E-state index in [0.717, 1.165) is 0 Å². The Hall–Kier alpha value is -2.01. The van der Waals surface area contributed by atoms with E-state index in [9.17, 15) is 0 Å². The van der Waals surface area contributed by atoms with Crippen LogP contribution in [0, 0.1) is 0 Å². The van der Waals surface area contributed by atoms with Crippen LogP contribution >= 0.6 is 11.6 Å². The number of halogens is 1. The Labute approximate surface area is 110 Å². The van der Waals surface area contributed by atoms with E-state index in [2.05, 4.69) is 9.97 Å². The van der Waals surface area contributed by atoms with Crippen molar-refractivity contribution < 1.29 is 9.47 Å². The van der Waals surface area contributed by atoms with Crippen molar-refractivity contribution in [3.05, 3.63) is 29.5 Å². The fourth-order valence-corrected chi connectivity index (χ4v) is 1.82. The van der Waals surface area contributed by atoms with E-state index in [1.807, 2.05) is 0 Å². The summed E-state index contributed by atoms with van der Waals surface area (Å²) in [6.45, 7) is 0. The topological polar surface area (TPSA) is 70.3 Å². The van der Waals surface area contributed by atoms with Gasteiger partial charge in [0.05, 0.1) is 14.2 Å². The number of ether oxygens (including phenoxy) is 2. The first-order valence-corrected chi connectivity index (χ1v) is 5.53. The first-order chi connectivity index (χ1) is 8.67. The third kappa shape index (κ3) is 2.17. The molecule has 94 valence electrons. The van der Waals surface area contributed by atoms with Crippen LogP contribution in [0.3, 0.4) is 0 Å². The smallest absolute Gasteiger partial charge is 0.187 e. The molecule has 5 nitrogen and oxygen atoms in total. The summed E-state index contributed by atoms with van der Waals surface area (Å²) in [5.74, 6) is 1.30. The van der Waals surface area contributed by atoms with E-state index in [1.165, 1.54) is 13.4 Å². The number of aromatic nitrogens is 2. The first kappa shape index (κ1) is 12.4. The molecular formula is C12H12ClN3O2. The third-order valence-electron chi connectivity index (χ3n) is 2.45. The largest absolute Gasteiger partial charge is 0.496 e. The monoisotopic (exact) mass is 265 g/mol. The van der Waals surface area contributed by atoms with Gasteiger partial charge in [-0.15, -0.1) is 0 Å². The number of benzene rings is 1. The first-order valence-electron chi connectivity index (χ1n) is 5.15. The molecule has 0 saturated heterocycles. The van der Waals surface area contributed by atoms with E-state index in [0.29, 0.717) is 27.8 Å². The van der Waals surface area contributed by atoms with Crippen molar-refractivity contribution in [1.29, 1.82) is 0 Å². The molecule has 0 radical (unpaired) electrons. The Balaban J connectivity index is 2.68. The van der Waals surface area contributed by atoms with Gasteiger partial charge in [0.15, 0.2) is 11.6 Å². The maximum absolute atomic E-state index is 5.99. The maximum atomic E-state index is 5.99. The Kier molecular flexibility index (Phi) is 3.53. The third-order valence-corrected chi connectivity index (χ3v) is 2.69. The number of methoxy groups -OCH3 is 2. The molecule has 0 bridgehead atoms. The second kappa shape index (κ2) is 5.10. The van der Waals surface area contributed by atoms with Crippen LogP contribution in [0.2, 0.25) is 5.02 Å². The van der Waals surface area contributed by atoms with Crippen molar-refractivity contribution in [2.24, 2.45) is 0 Å². The van der Waals surface area contributed by atoms with Gasteiger partial charge in [0.25, 0.3) is 0 Å². The van der Waals surface area contributed by atoms with Gasteiger partial charge in [0.2, 0.25) is 0 Å². The number of nitrogen functional groups attached to an aromatic ring is 1. The van der Waals surface area contributed by atoms with Gasteiger partial charge in [-0.1, -0.05) is 11.6 Å². The highest BCUT2D eigenvalue weighted by atomic mass is 35.5. The summed E-state index contributed by atoms with van der Waals surface area (Å²) in [4.78, 5) is 8.06. The van der Waals surface area contributed by atoms with Crippen LogP contribution in [0.5, 0.6) is 11.5 Å². The highest BCUT2D eigenvalue weighted by Gasteiger charge is 2.16. The normalized spacial score (nSPS) is 10.2. The Morgan fingerprint density at radius 3 is 2.61 bits per heavy atom. The van der Waals surface area contributed by atoms with Gasteiger partial charge in [-0.25, -0.2) is 9.97 Å². The molecule has 0 aliphatic heterocycles. The summed E-state index contributed by atoms with van der Waals surface area (Å²) in [5.41, 5.74) is 7.00. The van der Waals surface area contributed by atoms with Crippen LogP contribution in [0.25, 0.3) is 11.3 Å². The van der Waals surface area contributed by atoms with Crippen LogP contribution in [0.4, 0.5) is 5.82 Å². The van der Waals surface area contributed by atoms with Gasteiger partial charge >= 0.3 is 0 Å². The zero-order valence-corrected chi connectivity index (χ0v) is 10.7. The number of hydrogen-bond donors (Lipinski definition) is 1. The molecule has 0 unspecified atom stereocenters. The van der Waals surface area contributed by atoms with Gasteiger partial charge in [0, 0.05) is 10.6 Å². The molecule has 0 fully saturated rings. The zero-order valence-electron chi connectivity index (χ0n) is 9.98. The molecule has 2 aromatic rings. The highest BCUT2D eigenvalue weighted by Crippen LogP contribution is 2.38. The highest BCUT2D eigenvalue weighted by molar-refractivity contribution is 6.31. The van der Waals surface area contributed by atoms with Crippen molar-refractivity contribution in [2.75, 3.05) is 20.0 Å². The minimum absolute atomic E-state index is 0.268. The molecule has 18 heavy (non-hydrogen) atoms.